The molecule has 0 atom stereocenters. The van der Waals surface area contributed by atoms with E-state index in [4.69, 9.17) is 0 Å². The molecule has 0 saturated heterocycles. The van der Waals surface area contributed by atoms with Crippen LogP contribution in [0.15, 0.2) is 0 Å². The number of rotatable bonds is 0. The molecule has 0 saturated carbocycles. The molecule has 0 aliphatic rings. The van der Waals surface area contributed by atoms with Gasteiger partial charge in [-0.25, -0.2) is 0 Å². The SMILES string of the molecule is [Co].[Cu].[Ge].[Mn]. The quantitative estimate of drug-likeness (QED) is 0.514. The summed E-state index contributed by atoms with van der Waals surface area (Å²) in [5, 5.41) is 0. The van der Waals surface area contributed by atoms with Crippen molar-refractivity contribution in [3.05, 3.63) is 0 Å². The van der Waals surface area contributed by atoms with Gasteiger partial charge in [-0.15, -0.1) is 0 Å². The maximum absolute atomic E-state index is 0. The Morgan fingerprint density at radius 3 is 1.00 bits per heavy atom. The zero-order chi connectivity index (χ0) is 0. The van der Waals surface area contributed by atoms with Crippen LogP contribution in [0.5, 0.6) is 0 Å². The number of hydrogen-bond acceptors (Lipinski definition) is 0. The van der Waals surface area contributed by atoms with Gasteiger partial charge in [0.2, 0.25) is 0 Å². The summed E-state index contributed by atoms with van der Waals surface area (Å²) in [5.41, 5.74) is 0. The smallest absolute Gasteiger partial charge is 0 e. The Morgan fingerprint density at radius 1 is 1.00 bits per heavy atom. The van der Waals surface area contributed by atoms with Gasteiger partial charge in [-0.3, -0.25) is 0 Å². The van der Waals surface area contributed by atoms with E-state index in [2.05, 4.69) is 0 Å². The molecule has 0 aliphatic heterocycles. The third kappa shape index (κ3) is 8.94. The molecule has 4 heteroatoms. The van der Waals surface area contributed by atoms with Crippen LogP contribution in [0.4, 0.5) is 0 Å². The van der Waals surface area contributed by atoms with Crippen LogP contribution in [-0.2, 0) is 50.9 Å². The molecule has 0 bridgehead atoms. The molecule has 4 heavy (non-hydrogen) atoms. The maximum atomic E-state index is 0. The average molecular weight is 250 g/mol. The Kier molecular flexibility index (Phi) is 176. The largest absolute Gasteiger partial charge is 0 e. The summed E-state index contributed by atoms with van der Waals surface area (Å²) < 4.78 is 0. The third-order valence-corrected chi connectivity index (χ3v) is 0. The molecule has 0 spiro atoms. The van der Waals surface area contributed by atoms with Gasteiger partial charge in [0, 0.05) is 68.5 Å². The molecule has 7 radical (unpaired) electrons. The van der Waals surface area contributed by atoms with E-state index in [1.807, 2.05) is 0 Å². The Bertz CT molecular complexity index is 8.00. The molecule has 0 aromatic heterocycles. The van der Waals surface area contributed by atoms with Crippen molar-refractivity contribution in [3.63, 3.8) is 0 Å². The Balaban J connectivity index is 0. The molecule has 0 amide bonds. The van der Waals surface area contributed by atoms with Crippen LogP contribution in [0.1, 0.15) is 0 Å². The van der Waals surface area contributed by atoms with Gasteiger partial charge in [0.15, 0.2) is 0 Å². The molecule has 0 aliphatic carbocycles. The number of hydrogen-bond donors (Lipinski definition) is 0. The van der Waals surface area contributed by atoms with Crippen molar-refractivity contribution in [1.29, 1.82) is 0 Å². The molecule has 0 unspecified atom stereocenters. The van der Waals surface area contributed by atoms with Gasteiger partial charge in [0.05, 0.1) is 0 Å². The van der Waals surface area contributed by atoms with Crippen LogP contribution in [-0.4, -0.2) is 17.6 Å². The van der Waals surface area contributed by atoms with E-state index in [-0.39, 0.29) is 68.5 Å². The molecule has 0 heterocycles. The van der Waals surface area contributed by atoms with E-state index in [9.17, 15) is 0 Å². The normalized spacial score (nSPS) is 0. The Labute approximate surface area is 68.0 Å². The van der Waals surface area contributed by atoms with E-state index in [1.54, 1.807) is 0 Å². The fourth-order valence-electron chi connectivity index (χ4n) is 0. The zero-order valence-electron chi connectivity index (χ0n) is 1.51. The van der Waals surface area contributed by atoms with Gasteiger partial charge in [-0.2, -0.15) is 0 Å². The van der Waals surface area contributed by atoms with Crippen molar-refractivity contribution in [1.82, 2.24) is 0 Å². The van der Waals surface area contributed by atoms with Gasteiger partial charge >= 0.3 is 0 Å². The molecule has 0 aromatic carbocycles. The molecular formula is CoCuGeMn. The van der Waals surface area contributed by atoms with Gasteiger partial charge in [-0.05, 0) is 0 Å². The first kappa shape index (κ1) is 36.1. The van der Waals surface area contributed by atoms with E-state index in [0.717, 1.165) is 0 Å². The summed E-state index contributed by atoms with van der Waals surface area (Å²) >= 11 is 0. The molecule has 0 nitrogen and oxygen atoms in total. The van der Waals surface area contributed by atoms with Crippen LogP contribution in [0.3, 0.4) is 0 Å². The van der Waals surface area contributed by atoms with Crippen LogP contribution < -0.4 is 0 Å². The summed E-state index contributed by atoms with van der Waals surface area (Å²) in [7, 11) is 0. The predicted octanol–water partition coefficient (Wildman–Crippen LogP) is -0.388. The van der Waals surface area contributed by atoms with Crippen LogP contribution in [0, 0.1) is 0 Å². The summed E-state index contributed by atoms with van der Waals surface area (Å²) in [4.78, 5) is 0. The maximum Gasteiger partial charge on any atom is 0 e. The van der Waals surface area contributed by atoms with E-state index >= 15 is 0 Å². The predicted molar refractivity (Wildman–Crippen MR) is 5.75 cm³/mol. The Morgan fingerprint density at radius 2 is 1.00 bits per heavy atom. The van der Waals surface area contributed by atoms with Gasteiger partial charge in [0.1, 0.15) is 0 Å². The first-order chi connectivity index (χ1) is 0. The second kappa shape index (κ2) is 19.5. The molecule has 0 N–H and O–H groups in total. The second-order valence-corrected chi connectivity index (χ2v) is 0. The summed E-state index contributed by atoms with van der Waals surface area (Å²) in [6, 6.07) is 0. The van der Waals surface area contributed by atoms with Crippen molar-refractivity contribution in [2.24, 2.45) is 0 Å². The van der Waals surface area contributed by atoms with Crippen molar-refractivity contribution in [3.8, 4) is 0 Å². The van der Waals surface area contributed by atoms with E-state index in [1.165, 1.54) is 0 Å². The molecule has 31 valence electrons. The van der Waals surface area contributed by atoms with Crippen molar-refractivity contribution in [2.75, 3.05) is 0 Å². The second-order valence-electron chi connectivity index (χ2n) is 0. The fourth-order valence-corrected chi connectivity index (χ4v) is 0. The standard InChI is InChI=1S/Co.Cu.Ge.Mn. The van der Waals surface area contributed by atoms with Crippen molar-refractivity contribution >= 4 is 17.6 Å². The molecule has 0 rings (SSSR count). The monoisotopic (exact) mass is 251 g/mol. The minimum absolute atomic E-state index is 0. The van der Waals surface area contributed by atoms with Gasteiger partial charge < -0.3 is 0 Å². The van der Waals surface area contributed by atoms with Gasteiger partial charge in [0.25, 0.3) is 0 Å². The van der Waals surface area contributed by atoms with Crippen molar-refractivity contribution in [2.45, 2.75) is 0 Å². The first-order valence-corrected chi connectivity index (χ1v) is 0. The molecule has 0 aromatic rings. The summed E-state index contributed by atoms with van der Waals surface area (Å²) in [6.07, 6.45) is 0. The van der Waals surface area contributed by atoms with Crippen LogP contribution >= 0.6 is 0 Å². The van der Waals surface area contributed by atoms with Crippen LogP contribution in [0.25, 0.3) is 0 Å². The van der Waals surface area contributed by atoms with Gasteiger partial charge in [-0.1, -0.05) is 0 Å². The van der Waals surface area contributed by atoms with E-state index in [0.29, 0.717) is 0 Å². The first-order valence-electron chi connectivity index (χ1n) is 0. The minimum atomic E-state index is 0. The summed E-state index contributed by atoms with van der Waals surface area (Å²) in [5.74, 6) is 0. The zero-order valence-corrected chi connectivity index (χ0v) is 6.77. The Hall–Kier alpha value is 2.09. The third-order valence-electron chi connectivity index (χ3n) is 0. The van der Waals surface area contributed by atoms with E-state index < -0.39 is 0 Å². The fraction of sp³-hybridized carbons (Fsp3) is 0. The minimum Gasteiger partial charge on any atom is 0 e. The molecule has 0 fully saturated rings. The van der Waals surface area contributed by atoms with Crippen molar-refractivity contribution < 1.29 is 50.9 Å². The van der Waals surface area contributed by atoms with Crippen LogP contribution in [0.2, 0.25) is 0 Å². The average Bonchev–Trinajstić information content (AvgIpc) is 0. The molecular weight excluding hydrogens is 250 g/mol. The summed E-state index contributed by atoms with van der Waals surface area (Å²) in [6.45, 7) is 0. The topological polar surface area (TPSA) is 0 Å².